The molecule has 110 valence electrons. The summed E-state index contributed by atoms with van der Waals surface area (Å²) in [6.45, 7) is 5.90. The van der Waals surface area contributed by atoms with Crippen molar-refractivity contribution in [1.82, 2.24) is 19.8 Å². The largest absolute Gasteiger partial charge is 0.450 e. The van der Waals surface area contributed by atoms with Gasteiger partial charge in [-0.25, -0.2) is 15.6 Å². The minimum absolute atomic E-state index is 0.231. The average molecular weight is 280 g/mol. The molecule has 0 spiro atoms. The number of rotatable bonds is 4. The lowest BCUT2D eigenvalue weighted by Crippen LogP contribution is -2.48. The molecule has 1 aromatic rings. The first-order valence-electron chi connectivity index (χ1n) is 6.64. The third kappa shape index (κ3) is 3.78. The molecule has 8 nitrogen and oxygen atoms in total. The summed E-state index contributed by atoms with van der Waals surface area (Å²) >= 11 is 0. The van der Waals surface area contributed by atoms with Gasteiger partial charge in [0.15, 0.2) is 5.82 Å². The van der Waals surface area contributed by atoms with E-state index >= 15 is 0 Å². The molecule has 0 bridgehead atoms. The highest BCUT2D eigenvalue weighted by molar-refractivity contribution is 5.67. The molecule has 0 atom stereocenters. The van der Waals surface area contributed by atoms with Gasteiger partial charge in [0.05, 0.1) is 24.7 Å². The van der Waals surface area contributed by atoms with Crippen LogP contribution in [0.4, 0.5) is 10.6 Å². The van der Waals surface area contributed by atoms with E-state index in [9.17, 15) is 4.79 Å². The number of carbonyl (C=O) groups excluding carboxylic acids is 1. The van der Waals surface area contributed by atoms with Crippen molar-refractivity contribution in [1.29, 1.82) is 0 Å². The molecule has 2 heterocycles. The number of nitrogens with zero attached hydrogens (tertiary/aromatic N) is 4. The summed E-state index contributed by atoms with van der Waals surface area (Å²) in [6.07, 6.45) is 3.07. The summed E-state index contributed by atoms with van der Waals surface area (Å²) in [7, 11) is 0. The first-order valence-corrected chi connectivity index (χ1v) is 6.64. The predicted molar refractivity (Wildman–Crippen MR) is 73.7 cm³/mol. The number of ether oxygens (including phenoxy) is 1. The summed E-state index contributed by atoms with van der Waals surface area (Å²) in [4.78, 5) is 23.9. The van der Waals surface area contributed by atoms with Crippen LogP contribution in [0, 0.1) is 0 Å². The van der Waals surface area contributed by atoms with Crippen LogP contribution in [0.2, 0.25) is 0 Å². The Kier molecular flexibility index (Phi) is 5.08. The molecule has 1 aromatic heterocycles. The number of nitrogen functional groups attached to an aromatic ring is 1. The molecule has 2 rings (SSSR count). The summed E-state index contributed by atoms with van der Waals surface area (Å²) in [5.74, 6) is 5.78. The molecular weight excluding hydrogens is 260 g/mol. The molecule has 1 amide bonds. The summed E-state index contributed by atoms with van der Waals surface area (Å²) in [5, 5.41) is 0. The number of aromatic nitrogens is 2. The van der Waals surface area contributed by atoms with Gasteiger partial charge in [-0.1, -0.05) is 0 Å². The van der Waals surface area contributed by atoms with Crippen LogP contribution >= 0.6 is 0 Å². The fourth-order valence-corrected chi connectivity index (χ4v) is 2.04. The Bertz CT molecular complexity index is 430. The lowest BCUT2D eigenvalue weighted by molar-refractivity contribution is 0.0775. The fraction of sp³-hybridized carbons (Fsp3) is 0.583. The highest BCUT2D eigenvalue weighted by Gasteiger charge is 2.22. The molecule has 0 radical (unpaired) electrons. The second-order valence-corrected chi connectivity index (χ2v) is 4.50. The van der Waals surface area contributed by atoms with Crippen LogP contribution in [0.1, 0.15) is 12.6 Å². The summed E-state index contributed by atoms with van der Waals surface area (Å²) < 4.78 is 4.99. The Balaban J connectivity index is 1.80. The fourth-order valence-electron chi connectivity index (χ4n) is 2.04. The van der Waals surface area contributed by atoms with Gasteiger partial charge in [-0.05, 0) is 6.92 Å². The Morgan fingerprint density at radius 2 is 2.10 bits per heavy atom. The normalized spacial score (nSPS) is 16.0. The number of carbonyl (C=O) groups is 1. The Morgan fingerprint density at radius 3 is 2.65 bits per heavy atom. The van der Waals surface area contributed by atoms with Gasteiger partial charge < -0.3 is 15.1 Å². The van der Waals surface area contributed by atoms with E-state index in [0.29, 0.717) is 32.1 Å². The summed E-state index contributed by atoms with van der Waals surface area (Å²) in [5.41, 5.74) is 3.33. The van der Waals surface area contributed by atoms with E-state index < -0.39 is 0 Å². The molecule has 3 N–H and O–H groups in total. The monoisotopic (exact) mass is 280 g/mol. The quantitative estimate of drug-likeness (QED) is 0.593. The number of hydrogen-bond acceptors (Lipinski definition) is 7. The van der Waals surface area contributed by atoms with E-state index in [-0.39, 0.29) is 6.09 Å². The lowest BCUT2D eigenvalue weighted by atomic mass is 10.3. The molecule has 20 heavy (non-hydrogen) atoms. The molecule has 8 heteroatoms. The molecule has 1 fully saturated rings. The SMILES string of the molecule is CCOC(=O)N1CCN(Cc2cnc(NN)cn2)CC1. The van der Waals surface area contributed by atoms with E-state index in [1.165, 1.54) is 0 Å². The Labute approximate surface area is 117 Å². The zero-order chi connectivity index (χ0) is 14.4. The average Bonchev–Trinajstić information content (AvgIpc) is 2.49. The number of amides is 1. The van der Waals surface area contributed by atoms with Gasteiger partial charge in [-0.15, -0.1) is 0 Å². The maximum atomic E-state index is 11.6. The van der Waals surface area contributed by atoms with Gasteiger partial charge in [0.25, 0.3) is 0 Å². The zero-order valence-corrected chi connectivity index (χ0v) is 11.6. The van der Waals surface area contributed by atoms with Gasteiger partial charge in [-0.2, -0.15) is 0 Å². The van der Waals surface area contributed by atoms with Crippen LogP contribution in [-0.2, 0) is 11.3 Å². The van der Waals surface area contributed by atoms with Crippen LogP contribution in [0.15, 0.2) is 12.4 Å². The topological polar surface area (TPSA) is 96.6 Å². The van der Waals surface area contributed by atoms with Crippen molar-refractivity contribution >= 4 is 11.9 Å². The van der Waals surface area contributed by atoms with Gasteiger partial charge in [0.1, 0.15) is 0 Å². The zero-order valence-electron chi connectivity index (χ0n) is 11.6. The number of anilines is 1. The van der Waals surface area contributed by atoms with Crippen molar-refractivity contribution in [3.63, 3.8) is 0 Å². The highest BCUT2D eigenvalue weighted by Crippen LogP contribution is 2.08. The third-order valence-electron chi connectivity index (χ3n) is 3.14. The van der Waals surface area contributed by atoms with Gasteiger partial charge in [0.2, 0.25) is 0 Å². The molecular formula is C12H20N6O2. The second kappa shape index (κ2) is 7.01. The molecule has 0 unspecified atom stereocenters. The van der Waals surface area contributed by atoms with E-state index in [0.717, 1.165) is 18.8 Å². The van der Waals surface area contributed by atoms with Gasteiger partial charge in [-0.3, -0.25) is 9.88 Å². The predicted octanol–water partition coefficient (Wildman–Crippen LogP) is 0.0363. The first-order chi connectivity index (χ1) is 9.72. The van der Waals surface area contributed by atoms with Crippen LogP contribution in [0.5, 0.6) is 0 Å². The van der Waals surface area contributed by atoms with Crippen LogP contribution < -0.4 is 11.3 Å². The molecule has 0 aliphatic carbocycles. The first kappa shape index (κ1) is 14.5. The van der Waals surface area contributed by atoms with Crippen molar-refractivity contribution in [3.8, 4) is 0 Å². The standard InChI is InChI=1S/C12H20N6O2/c1-2-20-12(19)18-5-3-17(4-6-18)9-10-7-15-11(16-13)8-14-10/h7-8H,2-6,9,13H2,1H3,(H,15,16). The minimum atomic E-state index is -0.231. The van der Waals surface area contributed by atoms with E-state index in [4.69, 9.17) is 10.6 Å². The van der Waals surface area contributed by atoms with E-state index in [2.05, 4.69) is 20.3 Å². The smallest absolute Gasteiger partial charge is 0.409 e. The molecule has 1 aliphatic rings. The molecule has 0 aromatic carbocycles. The second-order valence-electron chi connectivity index (χ2n) is 4.50. The Hall–Kier alpha value is -1.93. The van der Waals surface area contributed by atoms with Crippen molar-refractivity contribution in [2.75, 3.05) is 38.2 Å². The molecule has 0 saturated carbocycles. The number of nitrogens with one attached hydrogen (secondary N) is 1. The van der Waals surface area contributed by atoms with E-state index in [1.807, 2.05) is 6.92 Å². The third-order valence-corrected chi connectivity index (χ3v) is 3.14. The number of hydrogen-bond donors (Lipinski definition) is 2. The van der Waals surface area contributed by atoms with Crippen LogP contribution in [0.3, 0.4) is 0 Å². The Morgan fingerprint density at radius 1 is 1.35 bits per heavy atom. The highest BCUT2D eigenvalue weighted by atomic mass is 16.6. The number of hydrazine groups is 1. The number of nitrogens with two attached hydrogens (primary N) is 1. The van der Waals surface area contributed by atoms with Crippen molar-refractivity contribution < 1.29 is 9.53 Å². The van der Waals surface area contributed by atoms with Crippen molar-refractivity contribution in [3.05, 3.63) is 18.1 Å². The van der Waals surface area contributed by atoms with E-state index in [1.54, 1.807) is 17.3 Å². The van der Waals surface area contributed by atoms with Crippen LogP contribution in [0.25, 0.3) is 0 Å². The lowest BCUT2D eigenvalue weighted by Gasteiger charge is -2.33. The van der Waals surface area contributed by atoms with Gasteiger partial charge in [0, 0.05) is 32.7 Å². The van der Waals surface area contributed by atoms with Crippen molar-refractivity contribution in [2.24, 2.45) is 5.84 Å². The van der Waals surface area contributed by atoms with Crippen LogP contribution in [-0.4, -0.2) is 58.6 Å². The molecule has 1 aliphatic heterocycles. The van der Waals surface area contributed by atoms with Crippen molar-refractivity contribution in [2.45, 2.75) is 13.5 Å². The maximum Gasteiger partial charge on any atom is 0.409 e. The maximum absolute atomic E-state index is 11.6. The number of piperazine rings is 1. The molecule has 1 saturated heterocycles. The van der Waals surface area contributed by atoms with Gasteiger partial charge >= 0.3 is 6.09 Å². The summed E-state index contributed by atoms with van der Waals surface area (Å²) in [6, 6.07) is 0. The minimum Gasteiger partial charge on any atom is -0.450 e.